The first-order valence-corrected chi connectivity index (χ1v) is 14.8. The molecule has 0 radical (unpaired) electrons. The van der Waals surface area contributed by atoms with E-state index in [0.717, 1.165) is 38.2 Å². The highest BCUT2D eigenvalue weighted by Gasteiger charge is 2.26. The number of fused-ring (bicyclic) bond motifs is 3. The summed E-state index contributed by atoms with van der Waals surface area (Å²) < 4.78 is 7.50. The lowest BCUT2D eigenvalue weighted by atomic mass is 10.2. The summed E-state index contributed by atoms with van der Waals surface area (Å²) in [5.41, 5.74) is 7.74. The predicted octanol–water partition coefficient (Wildman–Crippen LogP) is 4.10. The Balaban J connectivity index is 1.49. The third-order valence-electron chi connectivity index (χ3n) is 4.99. The van der Waals surface area contributed by atoms with Crippen molar-refractivity contribution in [3.63, 3.8) is 0 Å². The zero-order chi connectivity index (χ0) is 23.0. The molecule has 1 aliphatic heterocycles. The number of rotatable bonds is 4. The smallest absolute Gasteiger partial charge is 0.168 e. The zero-order valence-corrected chi connectivity index (χ0v) is 20.7. The van der Waals surface area contributed by atoms with Crippen molar-refractivity contribution >= 4 is 42.5 Å². The molecular formula is C23H23N7OSSi. The van der Waals surface area contributed by atoms with E-state index in [0.29, 0.717) is 19.0 Å². The van der Waals surface area contributed by atoms with Gasteiger partial charge in [-0.05, 0) is 17.7 Å². The van der Waals surface area contributed by atoms with Crippen molar-refractivity contribution in [1.82, 2.24) is 29.5 Å². The second-order valence-corrected chi connectivity index (χ2v) is 14.5. The lowest BCUT2D eigenvalue weighted by Gasteiger charge is -2.30. The molecule has 0 fully saturated rings. The quantitative estimate of drug-likeness (QED) is 0.324. The van der Waals surface area contributed by atoms with E-state index >= 15 is 0 Å². The van der Waals surface area contributed by atoms with Crippen LogP contribution >= 0.6 is 11.8 Å². The lowest BCUT2D eigenvalue weighted by molar-refractivity contribution is 0.204. The number of anilines is 2. The summed E-state index contributed by atoms with van der Waals surface area (Å²) in [6.45, 7) is 7.65. The molecule has 0 amide bonds. The molecule has 0 bridgehead atoms. The van der Waals surface area contributed by atoms with Crippen molar-refractivity contribution in [2.24, 2.45) is 0 Å². The first-order chi connectivity index (χ1) is 15.9. The molecule has 0 N–H and O–H groups in total. The van der Waals surface area contributed by atoms with E-state index in [-0.39, 0.29) is 0 Å². The van der Waals surface area contributed by atoms with Crippen LogP contribution in [-0.4, -0.2) is 51.4 Å². The number of ether oxygens (including phenoxy) is 1. The average Bonchev–Trinajstić information content (AvgIpc) is 3.21. The summed E-state index contributed by atoms with van der Waals surface area (Å²) in [6, 6.07) is 6.41. The number of methoxy groups -OCH3 is 1. The molecule has 33 heavy (non-hydrogen) atoms. The molecule has 0 atom stereocenters. The molecule has 4 aromatic rings. The largest absolute Gasteiger partial charge is 0.364 e. The van der Waals surface area contributed by atoms with Crippen LogP contribution in [0.5, 0.6) is 0 Å². The summed E-state index contributed by atoms with van der Waals surface area (Å²) in [7, 11) is 0.165. The summed E-state index contributed by atoms with van der Waals surface area (Å²) in [4.78, 5) is 25.6. The van der Waals surface area contributed by atoms with Crippen molar-refractivity contribution < 1.29 is 4.74 Å². The van der Waals surface area contributed by atoms with Gasteiger partial charge in [0, 0.05) is 24.4 Å². The van der Waals surface area contributed by atoms with Crippen LogP contribution in [0, 0.1) is 11.5 Å². The standard InChI is InChI=1S/C23H23N7OSSi/c1-31-15-30-18-11-16(5-6-19(18)32-23-22(30)24-8-9-25-23)12-29-14-28-20-17(7-10-33(2,3)4)26-13-27-21(20)29/h5-6,8-9,11,13-14H,12,15H2,1-4H3. The SMILES string of the molecule is COCN1c2cc(Cn3cnc4c(C#C[Si](C)(C)C)ncnc43)ccc2Sc2nccnc21. The van der Waals surface area contributed by atoms with Crippen LogP contribution in [0.1, 0.15) is 11.3 Å². The van der Waals surface area contributed by atoms with E-state index in [9.17, 15) is 0 Å². The Morgan fingerprint density at radius 3 is 2.73 bits per heavy atom. The molecule has 166 valence electrons. The van der Waals surface area contributed by atoms with Crippen LogP contribution in [0.3, 0.4) is 0 Å². The van der Waals surface area contributed by atoms with Crippen LogP contribution in [0.25, 0.3) is 11.2 Å². The summed E-state index contributed by atoms with van der Waals surface area (Å²) in [5, 5.41) is 0.874. The minimum atomic E-state index is -1.52. The van der Waals surface area contributed by atoms with Crippen molar-refractivity contribution in [2.45, 2.75) is 36.1 Å². The number of hydrogen-bond acceptors (Lipinski definition) is 8. The van der Waals surface area contributed by atoms with E-state index in [1.165, 1.54) is 0 Å². The normalized spacial score (nSPS) is 12.8. The van der Waals surface area contributed by atoms with Gasteiger partial charge >= 0.3 is 0 Å². The van der Waals surface area contributed by atoms with Gasteiger partial charge in [-0.1, -0.05) is 43.4 Å². The van der Waals surface area contributed by atoms with Gasteiger partial charge in [-0.2, -0.15) is 0 Å². The number of aromatic nitrogens is 6. The fourth-order valence-corrected chi connectivity index (χ4v) is 5.02. The fourth-order valence-electron chi connectivity index (χ4n) is 3.54. The number of benzene rings is 1. The molecule has 4 heterocycles. The van der Waals surface area contributed by atoms with Gasteiger partial charge in [0.2, 0.25) is 0 Å². The molecule has 5 rings (SSSR count). The van der Waals surface area contributed by atoms with Gasteiger partial charge in [-0.3, -0.25) is 4.90 Å². The van der Waals surface area contributed by atoms with Crippen molar-refractivity contribution in [1.29, 1.82) is 0 Å². The third-order valence-corrected chi connectivity index (χ3v) is 6.91. The summed E-state index contributed by atoms with van der Waals surface area (Å²) in [6.07, 6.45) is 6.79. The molecule has 0 saturated carbocycles. The van der Waals surface area contributed by atoms with Gasteiger partial charge in [-0.15, -0.1) is 5.54 Å². The van der Waals surface area contributed by atoms with Crippen LogP contribution in [0.15, 0.2) is 53.2 Å². The average molecular weight is 474 g/mol. The van der Waals surface area contributed by atoms with Gasteiger partial charge in [0.15, 0.2) is 11.5 Å². The molecule has 1 aromatic carbocycles. The maximum atomic E-state index is 5.47. The topological polar surface area (TPSA) is 81.9 Å². The molecule has 0 spiro atoms. The highest BCUT2D eigenvalue weighted by molar-refractivity contribution is 7.99. The molecule has 3 aromatic heterocycles. The summed E-state index contributed by atoms with van der Waals surface area (Å²) >= 11 is 1.62. The van der Waals surface area contributed by atoms with E-state index in [1.807, 2.05) is 4.57 Å². The van der Waals surface area contributed by atoms with Gasteiger partial charge in [-0.25, -0.2) is 24.9 Å². The lowest BCUT2D eigenvalue weighted by Crippen LogP contribution is -2.24. The maximum Gasteiger partial charge on any atom is 0.168 e. The Labute approximate surface area is 197 Å². The summed E-state index contributed by atoms with van der Waals surface area (Å²) in [5.74, 6) is 4.03. The predicted molar refractivity (Wildman–Crippen MR) is 131 cm³/mol. The van der Waals surface area contributed by atoms with Gasteiger partial charge < -0.3 is 9.30 Å². The molecule has 8 nitrogen and oxygen atoms in total. The van der Waals surface area contributed by atoms with Crippen molar-refractivity contribution in [3.8, 4) is 11.5 Å². The minimum absolute atomic E-state index is 0.392. The van der Waals surface area contributed by atoms with E-state index in [2.05, 4.69) is 79.1 Å². The first kappa shape index (κ1) is 21.6. The molecule has 0 unspecified atom stereocenters. The monoisotopic (exact) mass is 473 g/mol. The third kappa shape index (κ3) is 4.35. The minimum Gasteiger partial charge on any atom is -0.364 e. The molecule has 10 heteroatoms. The van der Waals surface area contributed by atoms with Crippen LogP contribution in [0.4, 0.5) is 11.5 Å². The van der Waals surface area contributed by atoms with Crippen LogP contribution in [-0.2, 0) is 11.3 Å². The number of imidazole rings is 1. The second kappa shape index (κ2) is 8.59. The van der Waals surface area contributed by atoms with E-state index < -0.39 is 8.07 Å². The highest BCUT2D eigenvalue weighted by Crippen LogP contribution is 2.46. The Morgan fingerprint density at radius 2 is 1.91 bits per heavy atom. The van der Waals surface area contributed by atoms with E-state index in [1.54, 1.807) is 43.9 Å². The van der Waals surface area contributed by atoms with Gasteiger partial charge in [0.25, 0.3) is 0 Å². The molecular weight excluding hydrogens is 450 g/mol. The molecule has 0 aliphatic carbocycles. The molecule has 1 aliphatic rings. The Hall–Kier alpha value is -3.26. The Kier molecular flexibility index (Phi) is 5.62. The van der Waals surface area contributed by atoms with E-state index in [4.69, 9.17) is 4.74 Å². The van der Waals surface area contributed by atoms with Gasteiger partial charge in [0.1, 0.15) is 37.4 Å². The van der Waals surface area contributed by atoms with Crippen LogP contribution < -0.4 is 4.90 Å². The van der Waals surface area contributed by atoms with Crippen LogP contribution in [0.2, 0.25) is 19.6 Å². The van der Waals surface area contributed by atoms with Crippen molar-refractivity contribution in [3.05, 3.63) is 54.5 Å². The number of hydrogen-bond donors (Lipinski definition) is 0. The Morgan fingerprint density at radius 1 is 1.06 bits per heavy atom. The number of nitrogens with zero attached hydrogens (tertiary/aromatic N) is 7. The zero-order valence-electron chi connectivity index (χ0n) is 18.9. The second-order valence-electron chi connectivity index (χ2n) is 8.70. The molecule has 0 saturated heterocycles. The Bertz CT molecular complexity index is 1400. The highest BCUT2D eigenvalue weighted by atomic mass is 32.2. The maximum absolute atomic E-state index is 5.47. The fraction of sp³-hybridized carbons (Fsp3) is 0.261. The van der Waals surface area contributed by atoms with Gasteiger partial charge in [0.05, 0.1) is 18.6 Å². The van der Waals surface area contributed by atoms with Crippen molar-refractivity contribution in [2.75, 3.05) is 18.7 Å². The first-order valence-electron chi connectivity index (χ1n) is 10.5.